The standard InChI is InChI=1S/C27H31ClN4O3S/c28-21-3-1-2-20(16-21)18-25(33)29-22-8-10-31(11-9-22)23-6-4-19(5-7-23)17-24-26(34)30-27(36-24)32-12-14-35-15-13-32/h1-7,16-17,22,25,29,33H,8-15,18H2/b24-17-. The molecular weight excluding hydrogens is 496 g/mol. The van der Waals surface area contributed by atoms with Gasteiger partial charge < -0.3 is 19.6 Å². The average Bonchev–Trinajstić information content (AvgIpc) is 3.25. The Kier molecular flexibility index (Phi) is 8.29. The van der Waals surface area contributed by atoms with Crippen LogP contribution in [0.15, 0.2) is 58.4 Å². The molecular formula is C27H31ClN4O3S. The zero-order valence-electron chi connectivity index (χ0n) is 20.1. The highest BCUT2D eigenvalue weighted by atomic mass is 35.5. The van der Waals surface area contributed by atoms with Crippen molar-refractivity contribution < 1.29 is 14.6 Å². The molecule has 2 N–H and O–H groups in total. The lowest BCUT2D eigenvalue weighted by Gasteiger charge is -2.35. The normalized spacial score (nSPS) is 21.2. The van der Waals surface area contributed by atoms with Gasteiger partial charge in [-0.05, 0) is 66.1 Å². The highest BCUT2D eigenvalue weighted by molar-refractivity contribution is 8.18. The molecule has 0 bridgehead atoms. The Morgan fingerprint density at radius 3 is 2.58 bits per heavy atom. The number of rotatable bonds is 6. The fraction of sp³-hybridized carbons (Fsp3) is 0.407. The Bertz CT molecular complexity index is 1130. The van der Waals surface area contributed by atoms with Gasteiger partial charge in [-0.25, -0.2) is 0 Å². The van der Waals surface area contributed by atoms with E-state index in [1.54, 1.807) is 0 Å². The zero-order chi connectivity index (χ0) is 24.9. The van der Waals surface area contributed by atoms with Gasteiger partial charge in [0, 0.05) is 49.4 Å². The first-order chi connectivity index (χ1) is 17.5. The molecule has 0 radical (unpaired) electrons. The molecule has 2 fully saturated rings. The number of piperidine rings is 1. The summed E-state index contributed by atoms with van der Waals surface area (Å²) in [5, 5.41) is 15.3. The molecule has 9 heteroatoms. The highest BCUT2D eigenvalue weighted by Crippen LogP contribution is 2.31. The van der Waals surface area contributed by atoms with Crippen molar-refractivity contribution >= 4 is 46.2 Å². The van der Waals surface area contributed by atoms with Crippen molar-refractivity contribution in [3.8, 4) is 0 Å². The van der Waals surface area contributed by atoms with E-state index in [1.807, 2.05) is 30.3 Å². The number of aliphatic hydroxyl groups is 1. The first-order valence-corrected chi connectivity index (χ1v) is 13.6. The number of nitrogens with one attached hydrogen (secondary N) is 1. The molecule has 3 aliphatic rings. The van der Waals surface area contributed by atoms with E-state index in [4.69, 9.17) is 16.3 Å². The fourth-order valence-corrected chi connectivity index (χ4v) is 5.92. The predicted octanol–water partition coefficient (Wildman–Crippen LogP) is 3.76. The predicted molar refractivity (Wildman–Crippen MR) is 146 cm³/mol. The van der Waals surface area contributed by atoms with Gasteiger partial charge in [-0.15, -0.1) is 0 Å². The molecule has 1 atom stereocenters. The number of thioether (sulfide) groups is 1. The first-order valence-electron chi connectivity index (χ1n) is 12.4. The summed E-state index contributed by atoms with van der Waals surface area (Å²) >= 11 is 7.50. The molecule has 0 saturated carbocycles. The maximum absolute atomic E-state index is 12.4. The van der Waals surface area contributed by atoms with Gasteiger partial charge >= 0.3 is 0 Å². The van der Waals surface area contributed by atoms with E-state index < -0.39 is 6.23 Å². The third kappa shape index (κ3) is 6.49. The fourth-order valence-electron chi connectivity index (χ4n) is 4.74. The minimum atomic E-state index is -0.587. The van der Waals surface area contributed by atoms with Gasteiger partial charge in [0.05, 0.1) is 18.1 Å². The van der Waals surface area contributed by atoms with Gasteiger partial charge in [0.1, 0.15) is 6.23 Å². The van der Waals surface area contributed by atoms with Gasteiger partial charge in [0.15, 0.2) is 5.17 Å². The van der Waals surface area contributed by atoms with Crippen LogP contribution in [0.4, 0.5) is 5.69 Å². The molecule has 2 saturated heterocycles. The highest BCUT2D eigenvalue weighted by Gasteiger charge is 2.27. The topological polar surface area (TPSA) is 77.4 Å². The third-order valence-electron chi connectivity index (χ3n) is 6.69. The van der Waals surface area contributed by atoms with E-state index in [0.717, 1.165) is 55.3 Å². The van der Waals surface area contributed by atoms with Gasteiger partial charge in [0.2, 0.25) is 0 Å². The SMILES string of the molecule is O=C1N=C(N2CCOCC2)S/C1=C\c1ccc(N2CCC(NC(O)Cc3cccc(Cl)c3)CC2)cc1. The first kappa shape index (κ1) is 25.3. The Morgan fingerprint density at radius 1 is 1.11 bits per heavy atom. The van der Waals surface area contributed by atoms with Gasteiger partial charge in [-0.3, -0.25) is 10.1 Å². The minimum absolute atomic E-state index is 0.169. The number of carbonyl (C=O) groups is 1. The number of nitrogens with zero attached hydrogens (tertiary/aromatic N) is 3. The molecule has 190 valence electrons. The zero-order valence-corrected chi connectivity index (χ0v) is 21.7. The molecule has 5 rings (SSSR count). The van der Waals surface area contributed by atoms with Crippen LogP contribution in [-0.2, 0) is 16.0 Å². The lowest BCUT2D eigenvalue weighted by Crippen LogP contribution is -2.46. The lowest BCUT2D eigenvalue weighted by molar-refractivity contribution is -0.113. The van der Waals surface area contributed by atoms with Crippen molar-refractivity contribution in [2.75, 3.05) is 44.3 Å². The van der Waals surface area contributed by atoms with Gasteiger partial charge in [-0.2, -0.15) is 4.99 Å². The van der Waals surface area contributed by atoms with Crippen LogP contribution in [-0.4, -0.2) is 72.7 Å². The maximum Gasteiger partial charge on any atom is 0.286 e. The molecule has 3 aliphatic heterocycles. The number of hydrogen-bond donors (Lipinski definition) is 2. The summed E-state index contributed by atoms with van der Waals surface area (Å²) in [5.74, 6) is -0.169. The number of hydrogen-bond acceptors (Lipinski definition) is 7. The Labute approximate surface area is 221 Å². The summed E-state index contributed by atoms with van der Waals surface area (Å²) in [6.45, 7) is 4.73. The number of benzene rings is 2. The molecule has 2 aromatic carbocycles. The van der Waals surface area contributed by atoms with Crippen molar-refractivity contribution in [2.45, 2.75) is 31.5 Å². The van der Waals surface area contributed by atoms with Crippen LogP contribution in [0, 0.1) is 0 Å². The van der Waals surface area contributed by atoms with Crippen LogP contribution in [0.1, 0.15) is 24.0 Å². The molecule has 3 heterocycles. The van der Waals surface area contributed by atoms with Crippen molar-refractivity contribution in [3.63, 3.8) is 0 Å². The molecule has 36 heavy (non-hydrogen) atoms. The second kappa shape index (κ2) is 11.8. The number of morpholine rings is 1. The summed E-state index contributed by atoms with van der Waals surface area (Å²) in [6.07, 6.45) is 3.80. The number of aliphatic imine (C=N–C) groups is 1. The lowest BCUT2D eigenvalue weighted by atomic mass is 10.0. The number of carbonyl (C=O) groups excluding carboxylic acids is 1. The van der Waals surface area contributed by atoms with E-state index >= 15 is 0 Å². The summed E-state index contributed by atoms with van der Waals surface area (Å²) in [6, 6.07) is 16.3. The number of amides is 1. The van der Waals surface area contributed by atoms with Crippen LogP contribution in [0.2, 0.25) is 5.02 Å². The van der Waals surface area contributed by atoms with Crippen LogP contribution in [0.5, 0.6) is 0 Å². The summed E-state index contributed by atoms with van der Waals surface area (Å²) in [5.41, 5.74) is 3.19. The number of aliphatic hydroxyl groups excluding tert-OH is 1. The third-order valence-corrected chi connectivity index (χ3v) is 7.97. The second-order valence-electron chi connectivity index (χ2n) is 9.28. The van der Waals surface area contributed by atoms with Crippen molar-refractivity contribution in [1.29, 1.82) is 0 Å². The molecule has 0 spiro atoms. The van der Waals surface area contributed by atoms with E-state index in [2.05, 4.69) is 44.4 Å². The van der Waals surface area contributed by atoms with Crippen LogP contribution in [0.25, 0.3) is 6.08 Å². The van der Waals surface area contributed by atoms with Crippen LogP contribution >= 0.6 is 23.4 Å². The van der Waals surface area contributed by atoms with Gasteiger partial charge in [0.25, 0.3) is 5.91 Å². The summed E-state index contributed by atoms with van der Waals surface area (Å²) in [4.78, 5) is 21.8. The monoisotopic (exact) mass is 526 g/mol. The summed E-state index contributed by atoms with van der Waals surface area (Å²) in [7, 11) is 0. The molecule has 0 aromatic heterocycles. The minimum Gasteiger partial charge on any atom is -0.378 e. The Balaban J connectivity index is 1.10. The number of halogens is 1. The maximum atomic E-state index is 12.4. The van der Waals surface area contributed by atoms with Crippen LogP contribution < -0.4 is 10.2 Å². The van der Waals surface area contributed by atoms with Gasteiger partial charge in [-0.1, -0.05) is 35.9 Å². The Hall–Kier alpha value is -2.36. The second-order valence-corrected chi connectivity index (χ2v) is 10.7. The summed E-state index contributed by atoms with van der Waals surface area (Å²) < 4.78 is 5.39. The number of anilines is 1. The van der Waals surface area contributed by atoms with Crippen molar-refractivity contribution in [1.82, 2.24) is 10.2 Å². The molecule has 1 amide bonds. The number of amidine groups is 1. The number of ether oxygens (including phenoxy) is 1. The van der Waals surface area contributed by atoms with E-state index in [0.29, 0.717) is 29.6 Å². The van der Waals surface area contributed by atoms with Crippen molar-refractivity contribution in [2.24, 2.45) is 4.99 Å². The molecule has 0 aliphatic carbocycles. The van der Waals surface area contributed by atoms with E-state index in [-0.39, 0.29) is 11.9 Å². The van der Waals surface area contributed by atoms with E-state index in [1.165, 1.54) is 17.4 Å². The van der Waals surface area contributed by atoms with Crippen molar-refractivity contribution in [3.05, 3.63) is 69.6 Å². The Morgan fingerprint density at radius 2 is 1.86 bits per heavy atom. The molecule has 7 nitrogen and oxygen atoms in total. The largest absolute Gasteiger partial charge is 0.378 e. The smallest absolute Gasteiger partial charge is 0.286 e. The molecule has 2 aromatic rings. The quantitative estimate of drug-likeness (QED) is 0.438. The van der Waals surface area contributed by atoms with Crippen LogP contribution in [0.3, 0.4) is 0 Å². The average molecular weight is 527 g/mol. The van der Waals surface area contributed by atoms with E-state index in [9.17, 15) is 9.90 Å². The molecule has 1 unspecified atom stereocenters.